The number of amides is 1. The minimum Gasteiger partial charge on any atom is -0.360 e. The van der Waals surface area contributed by atoms with Gasteiger partial charge in [0.05, 0.1) is 11.7 Å². The lowest BCUT2D eigenvalue weighted by atomic mass is 9.96. The fourth-order valence-corrected chi connectivity index (χ4v) is 3.36. The Morgan fingerprint density at radius 1 is 1.27 bits per heavy atom. The number of nitrogens with zero attached hydrogens (tertiary/aromatic N) is 3. The number of carbonyl (C=O) groups is 1. The lowest BCUT2D eigenvalue weighted by Crippen LogP contribution is -2.37. The number of nitrogens with one attached hydrogen (secondary N) is 1. The Balaban J connectivity index is 1.73. The molecule has 0 aromatic carbocycles. The van der Waals surface area contributed by atoms with Gasteiger partial charge in [0.25, 0.3) is 0 Å². The van der Waals surface area contributed by atoms with E-state index >= 15 is 0 Å². The van der Waals surface area contributed by atoms with Crippen molar-refractivity contribution in [1.82, 2.24) is 19.9 Å². The predicted octanol–water partition coefficient (Wildman–Crippen LogP) is 3.68. The van der Waals surface area contributed by atoms with E-state index in [0.717, 1.165) is 27.4 Å². The second kappa shape index (κ2) is 6.12. The van der Waals surface area contributed by atoms with Crippen LogP contribution in [0.3, 0.4) is 0 Å². The summed E-state index contributed by atoms with van der Waals surface area (Å²) in [7, 11) is 0. The fraction of sp³-hybridized carbons (Fsp3) is 0.278. The van der Waals surface area contributed by atoms with Crippen molar-refractivity contribution in [3.8, 4) is 0 Å². The van der Waals surface area contributed by atoms with Crippen molar-refractivity contribution in [2.75, 3.05) is 13.1 Å². The number of fused-ring (bicyclic) bond motifs is 3. The van der Waals surface area contributed by atoms with E-state index in [1.807, 2.05) is 18.2 Å². The number of alkyl halides is 3. The van der Waals surface area contributed by atoms with E-state index in [1.54, 1.807) is 18.6 Å². The van der Waals surface area contributed by atoms with Gasteiger partial charge < -0.3 is 9.88 Å². The highest BCUT2D eigenvalue weighted by Crippen LogP contribution is 2.32. The Kier molecular flexibility index (Phi) is 3.90. The van der Waals surface area contributed by atoms with Crippen LogP contribution in [0.4, 0.5) is 13.2 Å². The van der Waals surface area contributed by atoms with Gasteiger partial charge in [-0.1, -0.05) is 6.08 Å². The van der Waals surface area contributed by atoms with Crippen LogP contribution in [0.5, 0.6) is 0 Å². The molecular formula is C18H15F3N4O. The molecule has 4 rings (SSSR count). The van der Waals surface area contributed by atoms with Crippen molar-refractivity contribution in [1.29, 1.82) is 0 Å². The third-order valence-corrected chi connectivity index (χ3v) is 4.49. The van der Waals surface area contributed by atoms with Crippen LogP contribution in [0.1, 0.15) is 18.4 Å². The molecule has 0 atom stereocenters. The van der Waals surface area contributed by atoms with Gasteiger partial charge in [0.2, 0.25) is 5.91 Å². The topological polar surface area (TPSA) is 61.9 Å². The highest BCUT2D eigenvalue weighted by Gasteiger charge is 2.34. The highest BCUT2D eigenvalue weighted by atomic mass is 19.4. The summed E-state index contributed by atoms with van der Waals surface area (Å²) in [6, 6.07) is 3.73. The Labute approximate surface area is 146 Å². The number of halogens is 3. The van der Waals surface area contributed by atoms with Crippen molar-refractivity contribution in [3.05, 3.63) is 42.4 Å². The van der Waals surface area contributed by atoms with Gasteiger partial charge in [-0.3, -0.25) is 4.79 Å². The number of pyridine rings is 2. The van der Waals surface area contributed by atoms with E-state index in [-0.39, 0.29) is 6.54 Å². The number of hydrogen-bond acceptors (Lipinski definition) is 3. The molecule has 1 aliphatic rings. The Hall–Kier alpha value is -2.90. The average molecular weight is 360 g/mol. The van der Waals surface area contributed by atoms with Crippen LogP contribution >= 0.6 is 0 Å². The molecule has 3 aromatic heterocycles. The molecule has 26 heavy (non-hydrogen) atoms. The minimum atomic E-state index is -4.49. The quantitative estimate of drug-likeness (QED) is 0.758. The normalized spacial score (nSPS) is 15.5. The minimum absolute atomic E-state index is 0.159. The summed E-state index contributed by atoms with van der Waals surface area (Å²) in [5, 5.41) is 1.78. The molecule has 5 nitrogen and oxygen atoms in total. The van der Waals surface area contributed by atoms with Crippen LogP contribution in [0, 0.1) is 0 Å². The molecule has 0 saturated heterocycles. The largest absolute Gasteiger partial charge is 0.397 e. The number of H-pyrrole nitrogens is 1. The molecule has 3 aromatic rings. The summed E-state index contributed by atoms with van der Waals surface area (Å²) >= 11 is 0. The zero-order chi connectivity index (χ0) is 18.3. The van der Waals surface area contributed by atoms with Crippen molar-refractivity contribution in [2.45, 2.75) is 19.0 Å². The molecule has 0 saturated carbocycles. The molecule has 0 fully saturated rings. The van der Waals surface area contributed by atoms with Gasteiger partial charge in [-0.2, -0.15) is 13.2 Å². The molecule has 1 N–H and O–H groups in total. The monoisotopic (exact) mass is 360 g/mol. The van der Waals surface area contributed by atoms with E-state index in [1.165, 1.54) is 4.90 Å². The second-order valence-corrected chi connectivity index (χ2v) is 6.25. The zero-order valence-electron chi connectivity index (χ0n) is 13.7. The van der Waals surface area contributed by atoms with E-state index in [0.29, 0.717) is 18.6 Å². The summed E-state index contributed by atoms with van der Waals surface area (Å²) in [5.41, 5.74) is 3.13. The average Bonchev–Trinajstić information content (AvgIpc) is 3.09. The van der Waals surface area contributed by atoms with Crippen LogP contribution in [0.2, 0.25) is 0 Å². The molecule has 0 spiro atoms. The van der Waals surface area contributed by atoms with E-state index in [4.69, 9.17) is 0 Å². The fourth-order valence-electron chi connectivity index (χ4n) is 3.36. The number of aromatic nitrogens is 3. The first-order valence-corrected chi connectivity index (χ1v) is 8.17. The predicted molar refractivity (Wildman–Crippen MR) is 91.2 cm³/mol. The molecular weight excluding hydrogens is 345 g/mol. The van der Waals surface area contributed by atoms with Gasteiger partial charge in [0, 0.05) is 36.3 Å². The summed E-state index contributed by atoms with van der Waals surface area (Å²) < 4.78 is 37.6. The maximum Gasteiger partial charge on any atom is 0.397 e. The standard InChI is InChI=1S/C18H15F3N4O/c19-18(20,21)8-15(26)25-7-1-2-11(10-25)12-3-5-22-14-9-24-17-13(16(12)14)4-6-23-17/h2-6,9,22H,1,7-8,10H2. The van der Waals surface area contributed by atoms with E-state index < -0.39 is 18.5 Å². The summed E-state index contributed by atoms with van der Waals surface area (Å²) in [6.07, 6.45) is 1.70. The first-order chi connectivity index (χ1) is 12.4. The SMILES string of the molecule is O=C(CC(F)(F)F)N1CCC=C(c2cc[nH]c3cnc4nccc4c23)C1. The van der Waals surface area contributed by atoms with Crippen molar-refractivity contribution < 1.29 is 18.0 Å². The molecule has 1 amide bonds. The summed E-state index contributed by atoms with van der Waals surface area (Å²) in [4.78, 5) is 24.9. The maximum absolute atomic E-state index is 12.5. The Morgan fingerprint density at radius 3 is 2.92 bits per heavy atom. The van der Waals surface area contributed by atoms with Gasteiger partial charge in [-0.15, -0.1) is 0 Å². The van der Waals surface area contributed by atoms with Gasteiger partial charge in [0.1, 0.15) is 6.42 Å². The Morgan fingerprint density at radius 2 is 2.12 bits per heavy atom. The van der Waals surface area contributed by atoms with Crippen LogP contribution in [0.25, 0.3) is 27.5 Å². The maximum atomic E-state index is 12.5. The summed E-state index contributed by atoms with van der Waals surface area (Å²) in [5.74, 6) is -0.892. The second-order valence-electron chi connectivity index (χ2n) is 6.25. The van der Waals surface area contributed by atoms with Crippen molar-refractivity contribution in [3.63, 3.8) is 0 Å². The molecule has 0 bridgehead atoms. The van der Waals surface area contributed by atoms with Crippen LogP contribution in [0.15, 0.2) is 36.8 Å². The van der Waals surface area contributed by atoms with Crippen LogP contribution in [-0.2, 0) is 4.79 Å². The molecule has 4 heterocycles. The molecule has 1 aliphatic heterocycles. The molecule has 134 valence electrons. The van der Waals surface area contributed by atoms with E-state index in [9.17, 15) is 18.0 Å². The van der Waals surface area contributed by atoms with Crippen LogP contribution < -0.4 is 0 Å². The third-order valence-electron chi connectivity index (χ3n) is 4.49. The van der Waals surface area contributed by atoms with Crippen LogP contribution in [-0.4, -0.2) is 45.0 Å². The van der Waals surface area contributed by atoms with Gasteiger partial charge in [-0.25, -0.2) is 9.97 Å². The van der Waals surface area contributed by atoms with Gasteiger partial charge in [-0.05, 0) is 29.7 Å². The molecule has 0 aliphatic carbocycles. The number of aromatic amines is 1. The number of carbonyl (C=O) groups excluding carboxylic acids is 1. The number of hydrogen-bond donors (Lipinski definition) is 1. The Bertz CT molecular complexity index is 1020. The first kappa shape index (κ1) is 16.6. The molecule has 0 radical (unpaired) electrons. The van der Waals surface area contributed by atoms with Gasteiger partial charge >= 0.3 is 6.18 Å². The molecule has 8 heteroatoms. The lowest BCUT2D eigenvalue weighted by Gasteiger charge is -2.28. The summed E-state index contributed by atoms with van der Waals surface area (Å²) in [6.45, 7) is 0.455. The first-order valence-electron chi connectivity index (χ1n) is 8.17. The number of rotatable bonds is 2. The lowest BCUT2D eigenvalue weighted by molar-refractivity contribution is -0.161. The third kappa shape index (κ3) is 3.02. The highest BCUT2D eigenvalue weighted by molar-refractivity contribution is 6.08. The van der Waals surface area contributed by atoms with Crippen molar-refractivity contribution >= 4 is 33.4 Å². The smallest absolute Gasteiger partial charge is 0.360 e. The molecule has 0 unspecified atom stereocenters. The van der Waals surface area contributed by atoms with E-state index in [2.05, 4.69) is 15.0 Å². The zero-order valence-corrected chi connectivity index (χ0v) is 13.7. The van der Waals surface area contributed by atoms with Gasteiger partial charge in [0.15, 0.2) is 5.65 Å². The van der Waals surface area contributed by atoms with Crippen molar-refractivity contribution in [2.24, 2.45) is 0 Å².